The maximum atomic E-state index is 12.4. The number of carbonyl (C=O) groups excluding carboxylic acids is 2. The van der Waals surface area contributed by atoms with Crippen LogP contribution in [0.15, 0.2) is 24.3 Å². The number of nitrogens with one attached hydrogen (secondary N) is 1. The molecular weight excluding hydrogens is 767 g/mol. The Morgan fingerprint density at radius 3 is 1.16 bits per heavy atom. The topological polar surface area (TPSA) is 95.9 Å². The van der Waals surface area contributed by atoms with Crippen LogP contribution in [-0.4, -0.2) is 47.4 Å². The maximum Gasteiger partial charge on any atom is 0.305 e. The summed E-state index contributed by atoms with van der Waals surface area (Å²) in [5.41, 5.74) is 0. The van der Waals surface area contributed by atoms with Crippen molar-refractivity contribution < 1.29 is 24.5 Å². The van der Waals surface area contributed by atoms with Gasteiger partial charge in [-0.25, -0.2) is 0 Å². The standard InChI is InChI=1S/C56H107NO5/c1-3-5-7-9-11-13-15-17-25-28-32-36-40-44-48-54(59)53(52-58)57-55(60)49-45-41-37-33-29-26-22-20-18-19-21-23-27-31-35-39-43-47-51-62-56(61)50-46-42-38-34-30-24-16-14-12-10-8-6-4-2/h14,16,20,22,53-54,58-59H,3-13,15,17-19,21,23-52H2,1-2H3,(H,57,60)/b16-14-,22-20-. The second kappa shape index (κ2) is 52.0. The molecule has 0 spiro atoms. The van der Waals surface area contributed by atoms with E-state index in [-0.39, 0.29) is 18.5 Å². The molecule has 2 unspecified atom stereocenters. The van der Waals surface area contributed by atoms with E-state index in [1.807, 2.05) is 0 Å². The van der Waals surface area contributed by atoms with Gasteiger partial charge in [-0.1, -0.05) is 231 Å². The first-order valence-electron chi connectivity index (χ1n) is 27.6. The second-order valence-corrected chi connectivity index (χ2v) is 18.9. The highest BCUT2D eigenvalue weighted by Gasteiger charge is 2.20. The Labute approximate surface area is 386 Å². The van der Waals surface area contributed by atoms with E-state index >= 15 is 0 Å². The molecule has 6 nitrogen and oxygen atoms in total. The van der Waals surface area contributed by atoms with Crippen molar-refractivity contribution in [3.8, 4) is 0 Å². The SMILES string of the molecule is CCCCCC/C=C\CCCCCCCC(=O)OCCCCCCCCCCC/C=C\CCCCCCCC(=O)NC(CO)C(O)CCCCCCCCCCCCCCCC. The molecule has 0 aromatic heterocycles. The molecular formula is C56H107NO5. The normalized spacial score (nSPS) is 12.8. The maximum absolute atomic E-state index is 12.4. The van der Waals surface area contributed by atoms with E-state index in [9.17, 15) is 19.8 Å². The van der Waals surface area contributed by atoms with Crippen molar-refractivity contribution in [1.82, 2.24) is 5.32 Å². The van der Waals surface area contributed by atoms with E-state index in [1.165, 1.54) is 205 Å². The minimum Gasteiger partial charge on any atom is -0.466 e. The molecule has 0 saturated heterocycles. The van der Waals surface area contributed by atoms with Crippen LogP contribution in [0.25, 0.3) is 0 Å². The molecule has 366 valence electrons. The van der Waals surface area contributed by atoms with E-state index in [0.29, 0.717) is 25.9 Å². The summed E-state index contributed by atoms with van der Waals surface area (Å²) in [5.74, 6) is -0.0553. The molecule has 0 radical (unpaired) electrons. The summed E-state index contributed by atoms with van der Waals surface area (Å²) in [6, 6.07) is -0.551. The minimum atomic E-state index is -0.672. The van der Waals surface area contributed by atoms with E-state index < -0.39 is 12.1 Å². The molecule has 0 saturated carbocycles. The lowest BCUT2D eigenvalue weighted by Crippen LogP contribution is -2.45. The van der Waals surface area contributed by atoms with Crippen LogP contribution < -0.4 is 5.32 Å². The van der Waals surface area contributed by atoms with Crippen LogP contribution in [0.1, 0.15) is 296 Å². The number of ether oxygens (including phenoxy) is 1. The molecule has 1 amide bonds. The number of carbonyl (C=O) groups is 2. The lowest BCUT2D eigenvalue weighted by atomic mass is 10.0. The smallest absolute Gasteiger partial charge is 0.305 e. The minimum absolute atomic E-state index is 0.00633. The lowest BCUT2D eigenvalue weighted by molar-refractivity contribution is -0.143. The van der Waals surface area contributed by atoms with Crippen LogP contribution in [0.2, 0.25) is 0 Å². The van der Waals surface area contributed by atoms with Gasteiger partial charge in [-0.15, -0.1) is 0 Å². The number of amides is 1. The van der Waals surface area contributed by atoms with Crippen LogP contribution in [0.4, 0.5) is 0 Å². The highest BCUT2D eigenvalue weighted by molar-refractivity contribution is 5.76. The van der Waals surface area contributed by atoms with Crippen LogP contribution in [0, 0.1) is 0 Å². The zero-order chi connectivity index (χ0) is 45.1. The first-order valence-corrected chi connectivity index (χ1v) is 27.6. The number of hydrogen-bond donors (Lipinski definition) is 3. The molecule has 0 aromatic rings. The molecule has 0 aromatic carbocycles. The Morgan fingerprint density at radius 2 is 0.758 bits per heavy atom. The van der Waals surface area contributed by atoms with E-state index in [1.54, 1.807) is 0 Å². The third kappa shape index (κ3) is 47.8. The summed E-state index contributed by atoms with van der Waals surface area (Å²) in [7, 11) is 0. The molecule has 0 rings (SSSR count). The first kappa shape index (κ1) is 60.3. The number of rotatable bonds is 51. The molecule has 0 aliphatic carbocycles. The van der Waals surface area contributed by atoms with Gasteiger partial charge < -0.3 is 20.3 Å². The quantitative estimate of drug-likeness (QED) is 0.0321. The van der Waals surface area contributed by atoms with E-state index in [0.717, 1.165) is 57.8 Å². The number of unbranched alkanes of at least 4 members (excludes halogenated alkanes) is 36. The fourth-order valence-electron chi connectivity index (χ4n) is 8.45. The van der Waals surface area contributed by atoms with Crippen LogP contribution >= 0.6 is 0 Å². The molecule has 0 aliphatic heterocycles. The summed E-state index contributed by atoms with van der Waals surface area (Å²) in [6.45, 7) is 4.92. The van der Waals surface area contributed by atoms with Crippen molar-refractivity contribution in [2.45, 2.75) is 309 Å². The largest absolute Gasteiger partial charge is 0.466 e. The van der Waals surface area contributed by atoms with Gasteiger partial charge in [0.1, 0.15) is 0 Å². The number of aliphatic hydroxyl groups is 2. The summed E-state index contributed by atoms with van der Waals surface area (Å²) in [6.07, 6.45) is 61.6. The average Bonchev–Trinajstić information content (AvgIpc) is 3.27. The van der Waals surface area contributed by atoms with Gasteiger partial charge in [0.2, 0.25) is 5.91 Å². The highest BCUT2D eigenvalue weighted by Crippen LogP contribution is 2.16. The van der Waals surface area contributed by atoms with Crippen molar-refractivity contribution in [2.75, 3.05) is 13.2 Å². The fourth-order valence-corrected chi connectivity index (χ4v) is 8.45. The van der Waals surface area contributed by atoms with Gasteiger partial charge in [0.15, 0.2) is 0 Å². The molecule has 0 fully saturated rings. The zero-order valence-corrected chi connectivity index (χ0v) is 41.6. The first-order chi connectivity index (χ1) is 30.5. The molecule has 62 heavy (non-hydrogen) atoms. The Bertz CT molecular complexity index is 966. The fraction of sp³-hybridized carbons (Fsp3) is 0.893. The summed E-state index contributed by atoms with van der Waals surface area (Å²) in [4.78, 5) is 24.5. The Hall–Kier alpha value is -1.66. The Balaban J connectivity index is 3.45. The van der Waals surface area contributed by atoms with Crippen molar-refractivity contribution >= 4 is 11.9 Å². The third-order valence-electron chi connectivity index (χ3n) is 12.7. The van der Waals surface area contributed by atoms with Crippen LogP contribution in [0.5, 0.6) is 0 Å². The monoisotopic (exact) mass is 874 g/mol. The second-order valence-electron chi connectivity index (χ2n) is 18.9. The Morgan fingerprint density at radius 1 is 0.435 bits per heavy atom. The molecule has 6 heteroatoms. The number of allylic oxidation sites excluding steroid dienone is 4. The number of hydrogen-bond acceptors (Lipinski definition) is 5. The van der Waals surface area contributed by atoms with Gasteiger partial charge in [-0.05, 0) is 77.0 Å². The molecule has 3 N–H and O–H groups in total. The number of aliphatic hydroxyl groups excluding tert-OH is 2. The average molecular weight is 874 g/mol. The number of esters is 1. The van der Waals surface area contributed by atoms with Gasteiger partial charge in [-0.2, -0.15) is 0 Å². The van der Waals surface area contributed by atoms with Crippen LogP contribution in [0.3, 0.4) is 0 Å². The van der Waals surface area contributed by atoms with Gasteiger partial charge in [-0.3, -0.25) is 9.59 Å². The molecule has 0 bridgehead atoms. The van der Waals surface area contributed by atoms with Gasteiger partial charge >= 0.3 is 5.97 Å². The van der Waals surface area contributed by atoms with Crippen molar-refractivity contribution in [3.63, 3.8) is 0 Å². The molecule has 0 aliphatic rings. The van der Waals surface area contributed by atoms with Crippen molar-refractivity contribution in [1.29, 1.82) is 0 Å². The van der Waals surface area contributed by atoms with E-state index in [2.05, 4.69) is 43.5 Å². The zero-order valence-electron chi connectivity index (χ0n) is 41.6. The summed E-state index contributed by atoms with van der Waals surface area (Å²) in [5, 5.41) is 23.2. The van der Waals surface area contributed by atoms with Crippen LogP contribution in [-0.2, 0) is 14.3 Å². The summed E-state index contributed by atoms with van der Waals surface area (Å²) < 4.78 is 5.46. The van der Waals surface area contributed by atoms with Crippen molar-refractivity contribution in [2.24, 2.45) is 0 Å². The third-order valence-corrected chi connectivity index (χ3v) is 12.7. The summed E-state index contributed by atoms with van der Waals surface area (Å²) >= 11 is 0. The predicted molar refractivity (Wildman–Crippen MR) is 269 cm³/mol. The molecule has 2 atom stereocenters. The Kier molecular flexibility index (Phi) is 50.6. The van der Waals surface area contributed by atoms with Gasteiger partial charge in [0, 0.05) is 12.8 Å². The molecule has 0 heterocycles. The van der Waals surface area contributed by atoms with Gasteiger partial charge in [0.05, 0.1) is 25.4 Å². The van der Waals surface area contributed by atoms with Crippen molar-refractivity contribution in [3.05, 3.63) is 24.3 Å². The predicted octanol–water partition coefficient (Wildman–Crippen LogP) is 16.7. The van der Waals surface area contributed by atoms with Gasteiger partial charge in [0.25, 0.3) is 0 Å². The van der Waals surface area contributed by atoms with E-state index in [4.69, 9.17) is 4.74 Å². The lowest BCUT2D eigenvalue weighted by Gasteiger charge is -2.22. The highest BCUT2D eigenvalue weighted by atomic mass is 16.5.